The number of nitrogens with one attached hydrogen (secondary N) is 1. The van der Waals surface area contributed by atoms with Crippen LogP contribution in [-0.2, 0) is 4.79 Å². The first kappa shape index (κ1) is 15.2. The average Bonchev–Trinajstić information content (AvgIpc) is 3.29. The van der Waals surface area contributed by atoms with Gasteiger partial charge in [0.2, 0.25) is 5.91 Å². The van der Waals surface area contributed by atoms with E-state index >= 15 is 0 Å². The Morgan fingerprint density at radius 1 is 1.45 bits per heavy atom. The molecule has 0 aromatic heterocycles. The summed E-state index contributed by atoms with van der Waals surface area (Å²) in [5, 5.41) is 2.90. The Labute approximate surface area is 124 Å². The molecular weight excluding hydrogens is 272 g/mol. The number of rotatable bonds is 8. The minimum Gasteiger partial charge on any atom is -0.494 e. The molecule has 3 N–H and O–H groups in total. The Morgan fingerprint density at radius 2 is 2.15 bits per heavy atom. The number of amides is 1. The topological polar surface area (TPSA) is 64.3 Å². The monoisotopic (exact) mass is 294 g/mol. The first-order valence-electron chi connectivity index (χ1n) is 7.07. The van der Waals surface area contributed by atoms with Crippen LogP contribution >= 0.6 is 11.8 Å². The zero-order valence-electron chi connectivity index (χ0n) is 11.8. The van der Waals surface area contributed by atoms with Crippen LogP contribution in [-0.4, -0.2) is 30.9 Å². The standard InChI is InChI=1S/C15H22N2O2S/c1-2-19-12-5-7-13(8-6-12)20-10-15(18)17-9-14(16)11-3-4-11/h5-8,11,14H,2-4,9-10,16H2,1H3,(H,17,18). The zero-order valence-corrected chi connectivity index (χ0v) is 12.6. The molecule has 4 nitrogen and oxygen atoms in total. The summed E-state index contributed by atoms with van der Waals surface area (Å²) in [6, 6.07) is 7.91. The quantitative estimate of drug-likeness (QED) is 0.720. The van der Waals surface area contributed by atoms with Crippen LogP contribution < -0.4 is 15.8 Å². The van der Waals surface area contributed by atoms with Crippen molar-refractivity contribution in [1.82, 2.24) is 5.32 Å². The van der Waals surface area contributed by atoms with E-state index in [1.807, 2.05) is 31.2 Å². The molecule has 2 rings (SSSR count). The SMILES string of the molecule is CCOc1ccc(SCC(=O)NCC(N)C2CC2)cc1. The van der Waals surface area contributed by atoms with Crippen molar-refractivity contribution in [3.8, 4) is 5.75 Å². The van der Waals surface area contributed by atoms with Gasteiger partial charge in [0.15, 0.2) is 0 Å². The normalized spacial score (nSPS) is 15.7. The van der Waals surface area contributed by atoms with Crippen LogP contribution in [0.5, 0.6) is 5.75 Å². The first-order chi connectivity index (χ1) is 9.69. The van der Waals surface area contributed by atoms with Gasteiger partial charge in [0.05, 0.1) is 12.4 Å². The van der Waals surface area contributed by atoms with Crippen LogP contribution in [0.4, 0.5) is 0 Å². The maximum absolute atomic E-state index is 11.7. The molecule has 1 saturated carbocycles. The number of carbonyl (C=O) groups is 1. The van der Waals surface area contributed by atoms with Crippen molar-refractivity contribution in [3.63, 3.8) is 0 Å². The second-order valence-electron chi connectivity index (χ2n) is 5.00. The molecular formula is C15H22N2O2S. The molecule has 5 heteroatoms. The minimum atomic E-state index is 0.0417. The Kier molecular flexibility index (Phi) is 5.73. The number of ether oxygens (including phenoxy) is 1. The fraction of sp³-hybridized carbons (Fsp3) is 0.533. The lowest BCUT2D eigenvalue weighted by atomic mass is 10.2. The minimum absolute atomic E-state index is 0.0417. The molecule has 1 unspecified atom stereocenters. The number of hydrogen-bond acceptors (Lipinski definition) is 4. The van der Waals surface area contributed by atoms with Gasteiger partial charge in [-0.25, -0.2) is 0 Å². The van der Waals surface area contributed by atoms with Gasteiger partial charge >= 0.3 is 0 Å². The lowest BCUT2D eigenvalue weighted by Crippen LogP contribution is -2.39. The molecule has 1 amide bonds. The highest BCUT2D eigenvalue weighted by Crippen LogP contribution is 2.31. The van der Waals surface area contributed by atoms with E-state index in [0.29, 0.717) is 24.8 Å². The van der Waals surface area contributed by atoms with E-state index in [-0.39, 0.29) is 11.9 Å². The molecule has 1 atom stereocenters. The molecule has 0 spiro atoms. The lowest BCUT2D eigenvalue weighted by molar-refractivity contribution is -0.118. The van der Waals surface area contributed by atoms with Gasteiger partial charge in [-0.15, -0.1) is 11.8 Å². The van der Waals surface area contributed by atoms with Crippen molar-refractivity contribution in [2.45, 2.75) is 30.7 Å². The van der Waals surface area contributed by atoms with E-state index in [2.05, 4.69) is 5.32 Å². The molecule has 1 aliphatic rings. The maximum Gasteiger partial charge on any atom is 0.230 e. The number of benzene rings is 1. The largest absolute Gasteiger partial charge is 0.494 e. The van der Waals surface area contributed by atoms with E-state index in [1.165, 1.54) is 24.6 Å². The van der Waals surface area contributed by atoms with E-state index < -0.39 is 0 Å². The smallest absolute Gasteiger partial charge is 0.230 e. The predicted molar refractivity (Wildman–Crippen MR) is 82.0 cm³/mol. The van der Waals surface area contributed by atoms with Gasteiger partial charge < -0.3 is 15.8 Å². The molecule has 1 aromatic rings. The second-order valence-corrected chi connectivity index (χ2v) is 6.05. The number of hydrogen-bond donors (Lipinski definition) is 2. The molecule has 1 aromatic carbocycles. The van der Waals surface area contributed by atoms with Gasteiger partial charge in [-0.1, -0.05) is 0 Å². The Morgan fingerprint density at radius 3 is 2.75 bits per heavy atom. The van der Waals surface area contributed by atoms with Gasteiger partial charge in [0.25, 0.3) is 0 Å². The molecule has 20 heavy (non-hydrogen) atoms. The van der Waals surface area contributed by atoms with Crippen molar-refractivity contribution >= 4 is 17.7 Å². The summed E-state index contributed by atoms with van der Waals surface area (Å²) in [6.45, 7) is 3.21. The number of thioether (sulfide) groups is 1. The van der Waals surface area contributed by atoms with Crippen LogP contribution in [0.2, 0.25) is 0 Å². The van der Waals surface area contributed by atoms with Gasteiger partial charge in [-0.3, -0.25) is 4.79 Å². The maximum atomic E-state index is 11.7. The van der Waals surface area contributed by atoms with E-state index in [9.17, 15) is 4.79 Å². The van der Waals surface area contributed by atoms with Crippen molar-refractivity contribution < 1.29 is 9.53 Å². The van der Waals surface area contributed by atoms with Gasteiger partial charge in [-0.2, -0.15) is 0 Å². The van der Waals surface area contributed by atoms with Crippen molar-refractivity contribution in [2.75, 3.05) is 18.9 Å². The van der Waals surface area contributed by atoms with Crippen molar-refractivity contribution in [2.24, 2.45) is 11.7 Å². The zero-order chi connectivity index (χ0) is 14.4. The Hall–Kier alpha value is -1.20. The number of carbonyl (C=O) groups excluding carboxylic acids is 1. The highest BCUT2D eigenvalue weighted by Gasteiger charge is 2.28. The fourth-order valence-corrected chi connectivity index (χ4v) is 2.65. The van der Waals surface area contributed by atoms with Crippen LogP contribution in [0.15, 0.2) is 29.2 Å². The van der Waals surface area contributed by atoms with Crippen LogP contribution in [0.1, 0.15) is 19.8 Å². The van der Waals surface area contributed by atoms with E-state index in [4.69, 9.17) is 10.5 Å². The number of nitrogens with two attached hydrogens (primary N) is 1. The van der Waals surface area contributed by atoms with Crippen LogP contribution in [0.25, 0.3) is 0 Å². The molecule has 0 bridgehead atoms. The highest BCUT2D eigenvalue weighted by atomic mass is 32.2. The predicted octanol–water partition coefficient (Wildman–Crippen LogP) is 2.03. The third kappa shape index (κ3) is 5.06. The Bertz CT molecular complexity index is 432. The van der Waals surface area contributed by atoms with Crippen LogP contribution in [0, 0.1) is 5.92 Å². The van der Waals surface area contributed by atoms with E-state index in [0.717, 1.165) is 10.6 Å². The fourth-order valence-electron chi connectivity index (χ4n) is 1.92. The van der Waals surface area contributed by atoms with Crippen molar-refractivity contribution in [3.05, 3.63) is 24.3 Å². The van der Waals surface area contributed by atoms with Gasteiger partial charge in [-0.05, 0) is 49.9 Å². The summed E-state index contributed by atoms with van der Waals surface area (Å²) in [6.07, 6.45) is 2.41. The Balaban J connectivity index is 1.66. The summed E-state index contributed by atoms with van der Waals surface area (Å²) in [7, 11) is 0. The summed E-state index contributed by atoms with van der Waals surface area (Å²) >= 11 is 1.52. The molecule has 0 saturated heterocycles. The summed E-state index contributed by atoms with van der Waals surface area (Å²) in [5.74, 6) is 1.94. The summed E-state index contributed by atoms with van der Waals surface area (Å²) in [5.41, 5.74) is 5.94. The second kappa shape index (κ2) is 7.55. The van der Waals surface area contributed by atoms with Crippen LogP contribution in [0.3, 0.4) is 0 Å². The summed E-state index contributed by atoms with van der Waals surface area (Å²) in [4.78, 5) is 12.8. The summed E-state index contributed by atoms with van der Waals surface area (Å²) < 4.78 is 5.38. The third-order valence-corrected chi connectivity index (χ3v) is 4.28. The van der Waals surface area contributed by atoms with E-state index in [1.54, 1.807) is 0 Å². The van der Waals surface area contributed by atoms with Crippen molar-refractivity contribution in [1.29, 1.82) is 0 Å². The molecule has 110 valence electrons. The lowest BCUT2D eigenvalue weighted by Gasteiger charge is -2.11. The molecule has 0 aliphatic heterocycles. The highest BCUT2D eigenvalue weighted by molar-refractivity contribution is 8.00. The van der Waals surface area contributed by atoms with Gasteiger partial charge in [0, 0.05) is 17.5 Å². The third-order valence-electron chi connectivity index (χ3n) is 3.27. The molecule has 0 heterocycles. The molecule has 1 aliphatic carbocycles. The average molecular weight is 294 g/mol. The van der Waals surface area contributed by atoms with Gasteiger partial charge in [0.1, 0.15) is 5.75 Å². The molecule has 0 radical (unpaired) electrons. The molecule has 1 fully saturated rings. The first-order valence-corrected chi connectivity index (χ1v) is 8.05.